The minimum Gasteiger partial charge on any atom is -0.326 e. The van der Waals surface area contributed by atoms with E-state index in [1.807, 2.05) is 47.4 Å². The van der Waals surface area contributed by atoms with Crippen LogP contribution in [0.4, 0.5) is 11.4 Å². The van der Waals surface area contributed by atoms with E-state index in [0.29, 0.717) is 12.2 Å². The number of amides is 2. The molecule has 1 saturated heterocycles. The normalized spacial score (nSPS) is 19.4. The van der Waals surface area contributed by atoms with Gasteiger partial charge >= 0.3 is 0 Å². The topological polar surface area (TPSA) is 49.4 Å². The van der Waals surface area contributed by atoms with Crippen molar-refractivity contribution in [2.45, 2.75) is 57.2 Å². The summed E-state index contributed by atoms with van der Waals surface area (Å²) in [5.41, 5.74) is 4.10. The molecule has 0 bridgehead atoms. The second kappa shape index (κ2) is 9.69. The van der Waals surface area contributed by atoms with Gasteiger partial charge in [0.1, 0.15) is 5.37 Å². The summed E-state index contributed by atoms with van der Waals surface area (Å²) in [6, 6.07) is 16.1. The molecule has 1 saturated carbocycles. The van der Waals surface area contributed by atoms with Gasteiger partial charge in [0, 0.05) is 17.8 Å². The number of nitrogens with one attached hydrogen (secondary N) is 1. The number of anilines is 2. The lowest BCUT2D eigenvalue weighted by Crippen LogP contribution is -2.28. The molecular weight excluding hydrogens is 392 g/mol. The molecule has 1 heterocycles. The van der Waals surface area contributed by atoms with Crippen LogP contribution in [-0.2, 0) is 16.0 Å². The molecule has 1 N–H and O–H groups in total. The Bertz CT molecular complexity index is 890. The summed E-state index contributed by atoms with van der Waals surface area (Å²) in [6.45, 7) is 2.12. The third kappa shape index (κ3) is 4.72. The van der Waals surface area contributed by atoms with Crippen LogP contribution in [0.1, 0.15) is 61.9 Å². The van der Waals surface area contributed by atoms with Gasteiger partial charge in [-0.15, -0.1) is 11.8 Å². The third-order valence-electron chi connectivity index (χ3n) is 6.23. The van der Waals surface area contributed by atoms with Crippen molar-refractivity contribution in [2.75, 3.05) is 16.0 Å². The molecule has 0 spiro atoms. The zero-order valence-electron chi connectivity index (χ0n) is 17.6. The first-order valence-electron chi connectivity index (χ1n) is 11.1. The van der Waals surface area contributed by atoms with Crippen molar-refractivity contribution in [2.24, 2.45) is 5.92 Å². The Morgan fingerprint density at radius 2 is 1.83 bits per heavy atom. The van der Waals surface area contributed by atoms with E-state index in [1.54, 1.807) is 11.8 Å². The Morgan fingerprint density at radius 3 is 2.57 bits per heavy atom. The third-order valence-corrected chi connectivity index (χ3v) is 7.45. The van der Waals surface area contributed by atoms with Crippen molar-refractivity contribution in [3.63, 3.8) is 0 Å². The number of carbonyl (C=O) groups excluding carboxylic acids is 2. The lowest BCUT2D eigenvalue weighted by molar-refractivity contribution is -0.117. The number of carbonyl (C=O) groups is 2. The van der Waals surface area contributed by atoms with Crippen LogP contribution in [-0.4, -0.2) is 17.6 Å². The van der Waals surface area contributed by atoms with E-state index in [2.05, 4.69) is 18.3 Å². The fourth-order valence-electron chi connectivity index (χ4n) is 4.56. The van der Waals surface area contributed by atoms with Crippen molar-refractivity contribution in [1.82, 2.24) is 0 Å². The lowest BCUT2D eigenvalue weighted by atomic mass is 10.0. The second-order valence-corrected chi connectivity index (χ2v) is 9.34. The number of para-hydroxylation sites is 1. The van der Waals surface area contributed by atoms with Gasteiger partial charge in [-0.05, 0) is 48.1 Å². The number of rotatable bonds is 7. The van der Waals surface area contributed by atoms with Gasteiger partial charge in [-0.3, -0.25) is 14.5 Å². The Hall–Kier alpha value is -2.27. The number of aryl methyl sites for hydroxylation is 1. The number of hydrogen-bond donors (Lipinski definition) is 1. The van der Waals surface area contributed by atoms with Gasteiger partial charge in [0.05, 0.1) is 5.75 Å². The summed E-state index contributed by atoms with van der Waals surface area (Å²) in [5.74, 6) is 1.46. The van der Waals surface area contributed by atoms with Gasteiger partial charge < -0.3 is 5.32 Å². The molecule has 2 aromatic rings. The molecule has 0 aromatic heterocycles. The van der Waals surface area contributed by atoms with Crippen LogP contribution in [0.15, 0.2) is 48.5 Å². The van der Waals surface area contributed by atoms with Crippen molar-refractivity contribution in [1.29, 1.82) is 0 Å². The maximum absolute atomic E-state index is 12.7. The molecule has 1 aliphatic carbocycles. The first-order valence-corrected chi connectivity index (χ1v) is 12.1. The molecule has 2 amide bonds. The summed E-state index contributed by atoms with van der Waals surface area (Å²) in [6.07, 6.45) is 7.67. The highest BCUT2D eigenvalue weighted by Crippen LogP contribution is 2.43. The molecule has 1 aliphatic heterocycles. The monoisotopic (exact) mass is 422 g/mol. The predicted molar refractivity (Wildman–Crippen MR) is 125 cm³/mol. The number of hydrogen-bond acceptors (Lipinski definition) is 3. The minimum absolute atomic E-state index is 0.0303. The van der Waals surface area contributed by atoms with Crippen molar-refractivity contribution >= 4 is 35.0 Å². The summed E-state index contributed by atoms with van der Waals surface area (Å²) in [5, 5.41) is 3.00. The first-order chi connectivity index (χ1) is 14.7. The highest BCUT2D eigenvalue weighted by atomic mass is 32.2. The zero-order chi connectivity index (χ0) is 20.9. The summed E-state index contributed by atoms with van der Waals surface area (Å²) in [4.78, 5) is 26.9. The second-order valence-electron chi connectivity index (χ2n) is 8.27. The van der Waals surface area contributed by atoms with Crippen LogP contribution in [0.25, 0.3) is 0 Å². The SMILES string of the molecule is CCc1ccccc1N1C(=O)CS[C@H]1c1ccc(NC(=O)CCC2CCCC2)cc1. The Balaban J connectivity index is 1.42. The average molecular weight is 423 g/mol. The van der Waals surface area contributed by atoms with E-state index in [0.717, 1.165) is 35.7 Å². The van der Waals surface area contributed by atoms with E-state index in [9.17, 15) is 9.59 Å². The Kier molecular flexibility index (Phi) is 6.78. The van der Waals surface area contributed by atoms with Gasteiger partial charge in [-0.25, -0.2) is 0 Å². The van der Waals surface area contributed by atoms with E-state index < -0.39 is 0 Å². The predicted octanol–water partition coefficient (Wildman–Crippen LogP) is 5.94. The Morgan fingerprint density at radius 1 is 1.10 bits per heavy atom. The maximum Gasteiger partial charge on any atom is 0.238 e. The Labute approximate surface area is 183 Å². The van der Waals surface area contributed by atoms with E-state index in [1.165, 1.54) is 31.2 Å². The number of nitrogens with zero attached hydrogens (tertiary/aromatic N) is 1. The molecule has 30 heavy (non-hydrogen) atoms. The smallest absolute Gasteiger partial charge is 0.238 e. The molecule has 0 radical (unpaired) electrons. The largest absolute Gasteiger partial charge is 0.326 e. The molecule has 2 aliphatic rings. The number of benzene rings is 2. The molecule has 158 valence electrons. The van der Waals surface area contributed by atoms with Crippen LogP contribution >= 0.6 is 11.8 Å². The average Bonchev–Trinajstić information content (AvgIpc) is 3.42. The van der Waals surface area contributed by atoms with Gasteiger partial charge in [0.25, 0.3) is 0 Å². The van der Waals surface area contributed by atoms with Crippen LogP contribution in [0, 0.1) is 5.92 Å². The van der Waals surface area contributed by atoms with Crippen molar-refractivity contribution < 1.29 is 9.59 Å². The van der Waals surface area contributed by atoms with Crippen molar-refractivity contribution in [3.05, 3.63) is 59.7 Å². The van der Waals surface area contributed by atoms with E-state index >= 15 is 0 Å². The number of thioether (sulfide) groups is 1. The quantitative estimate of drug-likeness (QED) is 0.601. The molecule has 2 aromatic carbocycles. The first kappa shape index (κ1) is 21.0. The van der Waals surface area contributed by atoms with Crippen LogP contribution in [0.3, 0.4) is 0 Å². The summed E-state index contributed by atoms with van der Waals surface area (Å²) < 4.78 is 0. The summed E-state index contributed by atoms with van der Waals surface area (Å²) in [7, 11) is 0. The van der Waals surface area contributed by atoms with Crippen LogP contribution in [0.2, 0.25) is 0 Å². The fourth-order valence-corrected chi connectivity index (χ4v) is 5.73. The molecule has 4 nitrogen and oxygen atoms in total. The van der Waals surface area contributed by atoms with Gasteiger partial charge in [0.15, 0.2) is 0 Å². The highest BCUT2D eigenvalue weighted by Gasteiger charge is 2.34. The van der Waals surface area contributed by atoms with Crippen LogP contribution in [0.5, 0.6) is 0 Å². The van der Waals surface area contributed by atoms with Crippen molar-refractivity contribution in [3.8, 4) is 0 Å². The standard InChI is InChI=1S/C25H30N2O2S/c1-2-19-9-5-6-10-22(19)27-24(29)17-30-25(27)20-12-14-21(15-13-20)26-23(28)16-11-18-7-3-4-8-18/h5-6,9-10,12-15,18,25H,2-4,7-8,11,16-17H2,1H3,(H,26,28)/t25-/m0/s1. The molecular formula is C25H30N2O2S. The van der Waals surface area contributed by atoms with Crippen LogP contribution < -0.4 is 10.2 Å². The van der Waals surface area contributed by atoms with E-state index in [-0.39, 0.29) is 17.2 Å². The molecule has 5 heteroatoms. The molecule has 0 unspecified atom stereocenters. The lowest BCUT2D eigenvalue weighted by Gasteiger charge is -2.26. The molecule has 4 rings (SSSR count). The van der Waals surface area contributed by atoms with Gasteiger partial charge in [0.2, 0.25) is 11.8 Å². The fraction of sp³-hybridized carbons (Fsp3) is 0.440. The summed E-state index contributed by atoms with van der Waals surface area (Å²) >= 11 is 1.66. The van der Waals surface area contributed by atoms with E-state index in [4.69, 9.17) is 0 Å². The van der Waals surface area contributed by atoms with Gasteiger partial charge in [-0.1, -0.05) is 62.9 Å². The zero-order valence-corrected chi connectivity index (χ0v) is 18.4. The highest BCUT2D eigenvalue weighted by molar-refractivity contribution is 8.00. The molecule has 1 atom stereocenters. The molecule has 2 fully saturated rings. The minimum atomic E-state index is -0.0303. The van der Waals surface area contributed by atoms with Gasteiger partial charge in [-0.2, -0.15) is 0 Å². The maximum atomic E-state index is 12.7.